The molecule has 1 heterocycles. The van der Waals surface area contributed by atoms with Crippen molar-refractivity contribution in [3.63, 3.8) is 0 Å². The first-order valence-corrected chi connectivity index (χ1v) is 6.52. The molecule has 5 nitrogen and oxygen atoms in total. The third-order valence-corrected chi connectivity index (χ3v) is 3.48. The van der Waals surface area contributed by atoms with Crippen molar-refractivity contribution >= 4 is 5.97 Å². The number of carbonyl (C=O) groups is 1. The van der Waals surface area contributed by atoms with Crippen LogP contribution in [0.15, 0.2) is 48.5 Å². The molecule has 0 aromatic heterocycles. The molecule has 108 valence electrons. The summed E-state index contributed by atoms with van der Waals surface area (Å²) in [5.74, 6) is -1.00. The first-order chi connectivity index (χ1) is 10.2. The number of benzene rings is 2. The van der Waals surface area contributed by atoms with Gasteiger partial charge in [-0.1, -0.05) is 36.4 Å². The number of aliphatic hydroxyl groups excluding tert-OH is 1. The normalized spacial score (nSPS) is 15.5. The minimum atomic E-state index is -1.17. The van der Waals surface area contributed by atoms with Crippen LogP contribution in [0.2, 0.25) is 0 Å². The number of carboxylic acid groups (broad SMARTS) is 1. The van der Waals surface area contributed by atoms with Crippen LogP contribution >= 0.6 is 0 Å². The molecular weight excluding hydrogens is 272 g/mol. The molecule has 0 radical (unpaired) electrons. The van der Waals surface area contributed by atoms with Crippen molar-refractivity contribution in [2.24, 2.45) is 0 Å². The molecule has 0 fully saturated rings. The number of hydrogen-bond acceptors (Lipinski definition) is 4. The predicted octanol–water partition coefficient (Wildman–Crippen LogP) is 2.32. The lowest BCUT2D eigenvalue weighted by Crippen LogP contribution is -2.20. The zero-order valence-corrected chi connectivity index (χ0v) is 11.1. The van der Waals surface area contributed by atoms with Crippen LogP contribution < -0.4 is 9.47 Å². The Morgan fingerprint density at radius 2 is 1.71 bits per heavy atom. The van der Waals surface area contributed by atoms with E-state index in [4.69, 9.17) is 9.47 Å². The lowest BCUT2D eigenvalue weighted by molar-refractivity contribution is -0.141. The van der Waals surface area contributed by atoms with E-state index in [0.29, 0.717) is 22.6 Å². The Bertz CT molecular complexity index is 653. The van der Waals surface area contributed by atoms with Crippen molar-refractivity contribution in [1.29, 1.82) is 0 Å². The topological polar surface area (TPSA) is 76.0 Å². The summed E-state index contributed by atoms with van der Waals surface area (Å²) in [6.45, 7) is 0.135. The van der Waals surface area contributed by atoms with Crippen LogP contribution in [0.3, 0.4) is 0 Å². The highest BCUT2D eigenvalue weighted by Crippen LogP contribution is 2.38. The summed E-state index contributed by atoms with van der Waals surface area (Å²) in [6.07, 6.45) is -1.17. The molecule has 1 aliphatic rings. The van der Waals surface area contributed by atoms with Crippen LogP contribution in [0.4, 0.5) is 0 Å². The Hall–Kier alpha value is -2.53. The zero-order chi connectivity index (χ0) is 14.8. The maximum atomic E-state index is 11.5. The molecule has 2 aromatic carbocycles. The van der Waals surface area contributed by atoms with Crippen LogP contribution in [-0.4, -0.2) is 23.0 Å². The second-order valence-corrected chi connectivity index (χ2v) is 4.78. The maximum Gasteiger partial charge on any atom is 0.314 e. The quantitative estimate of drug-likeness (QED) is 0.902. The van der Waals surface area contributed by atoms with Gasteiger partial charge in [-0.25, -0.2) is 0 Å². The molecule has 0 unspecified atom stereocenters. The van der Waals surface area contributed by atoms with Crippen LogP contribution in [0.1, 0.15) is 23.1 Å². The molecule has 2 N–H and O–H groups in total. The van der Waals surface area contributed by atoms with E-state index in [0.717, 1.165) is 0 Å². The molecule has 1 aliphatic heterocycles. The van der Waals surface area contributed by atoms with E-state index >= 15 is 0 Å². The fourth-order valence-corrected chi connectivity index (χ4v) is 2.41. The van der Waals surface area contributed by atoms with Gasteiger partial charge in [0.2, 0.25) is 6.79 Å². The average Bonchev–Trinajstić information content (AvgIpc) is 2.95. The number of carboxylic acids is 1. The van der Waals surface area contributed by atoms with Gasteiger partial charge in [0.25, 0.3) is 0 Å². The molecule has 3 rings (SSSR count). The second-order valence-electron chi connectivity index (χ2n) is 4.78. The van der Waals surface area contributed by atoms with Crippen molar-refractivity contribution < 1.29 is 24.5 Å². The first-order valence-electron chi connectivity index (χ1n) is 6.52. The van der Waals surface area contributed by atoms with Gasteiger partial charge in [-0.15, -0.1) is 0 Å². The summed E-state index contributed by atoms with van der Waals surface area (Å²) in [4.78, 5) is 11.5. The van der Waals surface area contributed by atoms with Gasteiger partial charge < -0.3 is 19.7 Å². The van der Waals surface area contributed by atoms with E-state index in [1.807, 2.05) is 0 Å². The molecule has 0 aliphatic carbocycles. The highest BCUT2D eigenvalue weighted by Gasteiger charge is 2.30. The fourth-order valence-electron chi connectivity index (χ4n) is 2.41. The average molecular weight is 286 g/mol. The summed E-state index contributed by atoms with van der Waals surface area (Å²) in [7, 11) is 0. The van der Waals surface area contributed by atoms with Crippen molar-refractivity contribution in [2.75, 3.05) is 6.79 Å². The molecule has 0 spiro atoms. The minimum Gasteiger partial charge on any atom is -0.481 e. The van der Waals surface area contributed by atoms with Gasteiger partial charge in [0.05, 0.1) is 6.10 Å². The Morgan fingerprint density at radius 1 is 1.00 bits per heavy atom. The van der Waals surface area contributed by atoms with Gasteiger partial charge in [-0.2, -0.15) is 0 Å². The number of fused-ring (bicyclic) bond motifs is 1. The van der Waals surface area contributed by atoms with Gasteiger partial charge in [0, 0.05) is 0 Å². The fraction of sp³-hybridized carbons (Fsp3) is 0.188. The molecule has 2 atom stereocenters. The molecule has 2 aromatic rings. The number of rotatable bonds is 4. The van der Waals surface area contributed by atoms with Crippen molar-refractivity contribution in [3.8, 4) is 11.5 Å². The third kappa shape index (κ3) is 2.55. The highest BCUT2D eigenvalue weighted by atomic mass is 16.7. The largest absolute Gasteiger partial charge is 0.481 e. The molecule has 0 saturated heterocycles. The van der Waals surface area contributed by atoms with Crippen LogP contribution in [0, 0.1) is 0 Å². The Balaban J connectivity index is 1.95. The van der Waals surface area contributed by atoms with Crippen molar-refractivity contribution in [3.05, 3.63) is 59.7 Å². The number of aliphatic hydroxyl groups is 1. The molecular formula is C16H14O5. The summed E-state index contributed by atoms with van der Waals surface area (Å²) in [5, 5.41) is 19.9. The van der Waals surface area contributed by atoms with Gasteiger partial charge in [0.1, 0.15) is 5.92 Å². The van der Waals surface area contributed by atoms with Gasteiger partial charge in [-0.05, 0) is 23.3 Å². The number of hydrogen-bond donors (Lipinski definition) is 2. The maximum absolute atomic E-state index is 11.5. The van der Waals surface area contributed by atoms with E-state index in [9.17, 15) is 15.0 Å². The standard InChI is InChI=1S/C16H14O5/c17-15(11-6-7-12-13(8-11)21-9-20-12)14(16(18)19)10-4-2-1-3-5-10/h1-8,14-15,17H,9H2,(H,18,19)/t14-,15+/m1/s1. The van der Waals surface area contributed by atoms with Crippen LogP contribution in [0.5, 0.6) is 11.5 Å². The van der Waals surface area contributed by atoms with Gasteiger partial charge in [-0.3, -0.25) is 4.79 Å². The summed E-state index contributed by atoms with van der Waals surface area (Å²) < 4.78 is 10.5. The van der Waals surface area contributed by atoms with Gasteiger partial charge >= 0.3 is 5.97 Å². The number of ether oxygens (including phenoxy) is 2. The zero-order valence-electron chi connectivity index (χ0n) is 11.1. The molecule has 5 heteroatoms. The number of aliphatic carboxylic acids is 1. The van der Waals surface area contributed by atoms with E-state index < -0.39 is 18.0 Å². The van der Waals surface area contributed by atoms with E-state index in [-0.39, 0.29) is 6.79 Å². The second kappa shape index (κ2) is 5.46. The van der Waals surface area contributed by atoms with E-state index in [2.05, 4.69) is 0 Å². The highest BCUT2D eigenvalue weighted by molar-refractivity contribution is 5.77. The van der Waals surface area contributed by atoms with Crippen molar-refractivity contribution in [1.82, 2.24) is 0 Å². The summed E-state index contributed by atoms with van der Waals surface area (Å²) in [5.41, 5.74) is 1.03. The minimum absolute atomic E-state index is 0.135. The smallest absolute Gasteiger partial charge is 0.314 e. The Morgan fingerprint density at radius 3 is 2.43 bits per heavy atom. The summed E-state index contributed by atoms with van der Waals surface area (Å²) in [6, 6.07) is 13.6. The first kappa shape index (κ1) is 13.5. The molecule has 21 heavy (non-hydrogen) atoms. The lowest BCUT2D eigenvalue weighted by atomic mass is 9.89. The van der Waals surface area contributed by atoms with E-state index in [1.165, 1.54) is 0 Å². The molecule has 0 amide bonds. The third-order valence-electron chi connectivity index (χ3n) is 3.48. The lowest BCUT2D eigenvalue weighted by Gasteiger charge is -2.20. The van der Waals surface area contributed by atoms with Crippen LogP contribution in [-0.2, 0) is 4.79 Å². The van der Waals surface area contributed by atoms with E-state index in [1.54, 1.807) is 48.5 Å². The van der Waals surface area contributed by atoms with Crippen LogP contribution in [0.25, 0.3) is 0 Å². The van der Waals surface area contributed by atoms with Crippen molar-refractivity contribution in [2.45, 2.75) is 12.0 Å². The van der Waals surface area contributed by atoms with Gasteiger partial charge in [0.15, 0.2) is 11.5 Å². The Kier molecular flexibility index (Phi) is 3.50. The summed E-state index contributed by atoms with van der Waals surface area (Å²) >= 11 is 0. The monoisotopic (exact) mass is 286 g/mol. The molecule has 0 bridgehead atoms. The SMILES string of the molecule is O=C(O)[C@H](c1ccccc1)[C@@H](O)c1ccc2c(c1)OCO2. The Labute approximate surface area is 121 Å². The molecule has 0 saturated carbocycles. The predicted molar refractivity (Wildman–Crippen MR) is 74.3 cm³/mol.